The molecule has 0 heteroatoms. The van der Waals surface area contributed by atoms with Crippen molar-refractivity contribution in [3.63, 3.8) is 0 Å². The van der Waals surface area contributed by atoms with Gasteiger partial charge >= 0.3 is 0 Å². The van der Waals surface area contributed by atoms with Crippen molar-refractivity contribution in [3.8, 4) is 22.3 Å². The molecule has 124 valence electrons. The molecular weight excluding hydrogens is 300 g/mol. The van der Waals surface area contributed by atoms with Crippen LogP contribution in [0.3, 0.4) is 0 Å². The van der Waals surface area contributed by atoms with Crippen LogP contribution in [0.25, 0.3) is 27.8 Å². The highest BCUT2D eigenvalue weighted by molar-refractivity contribution is 5.94. The zero-order valence-electron chi connectivity index (χ0n) is 15.2. The van der Waals surface area contributed by atoms with Crippen LogP contribution >= 0.6 is 0 Å². The van der Waals surface area contributed by atoms with Crippen LogP contribution in [-0.4, -0.2) is 0 Å². The fraction of sp³-hybridized carbons (Fsp3) is 0.120. The molecule has 0 atom stereocenters. The van der Waals surface area contributed by atoms with E-state index in [-0.39, 0.29) is 0 Å². The lowest BCUT2D eigenvalue weighted by Crippen LogP contribution is -1.94. The van der Waals surface area contributed by atoms with Gasteiger partial charge in [0.2, 0.25) is 0 Å². The summed E-state index contributed by atoms with van der Waals surface area (Å²) >= 11 is 0. The maximum Gasteiger partial charge on any atom is -0.00267 e. The molecule has 0 bridgehead atoms. The van der Waals surface area contributed by atoms with Gasteiger partial charge in [-0.2, -0.15) is 0 Å². The molecule has 0 nitrogen and oxygen atoms in total. The predicted molar refractivity (Wildman–Crippen MR) is 111 cm³/mol. The first-order valence-electron chi connectivity index (χ1n) is 8.79. The lowest BCUT2D eigenvalue weighted by Gasteiger charge is -2.18. The molecule has 3 aromatic rings. The van der Waals surface area contributed by atoms with Crippen molar-refractivity contribution < 1.29 is 0 Å². The molecular formula is C25H24. The summed E-state index contributed by atoms with van der Waals surface area (Å²) in [4.78, 5) is 0. The van der Waals surface area contributed by atoms with Gasteiger partial charge in [0.05, 0.1) is 0 Å². The van der Waals surface area contributed by atoms with Gasteiger partial charge < -0.3 is 0 Å². The first-order valence-corrected chi connectivity index (χ1v) is 8.79. The van der Waals surface area contributed by atoms with Crippen molar-refractivity contribution in [1.29, 1.82) is 0 Å². The van der Waals surface area contributed by atoms with Crippen molar-refractivity contribution in [1.82, 2.24) is 0 Å². The summed E-state index contributed by atoms with van der Waals surface area (Å²) in [6.07, 6.45) is 6.49. The maximum atomic E-state index is 2.30. The molecule has 0 aliphatic heterocycles. The Kier molecular flexibility index (Phi) is 5.30. The predicted octanol–water partition coefficient (Wildman–Crippen LogP) is 7.31. The van der Waals surface area contributed by atoms with Crippen LogP contribution in [0.5, 0.6) is 0 Å². The van der Waals surface area contributed by atoms with Gasteiger partial charge in [-0.3, -0.25) is 0 Å². The fourth-order valence-corrected chi connectivity index (χ4v) is 3.30. The summed E-state index contributed by atoms with van der Waals surface area (Å²) in [5.41, 5.74) is 8.89. The first-order chi connectivity index (χ1) is 12.2. The molecule has 0 amide bonds. The molecule has 0 saturated heterocycles. The summed E-state index contributed by atoms with van der Waals surface area (Å²) < 4.78 is 0. The highest BCUT2D eigenvalue weighted by Crippen LogP contribution is 2.39. The average molecular weight is 324 g/mol. The molecule has 0 heterocycles. The van der Waals surface area contributed by atoms with E-state index in [1.54, 1.807) is 0 Å². The van der Waals surface area contributed by atoms with Crippen LogP contribution < -0.4 is 0 Å². The number of rotatable bonds is 4. The zero-order chi connectivity index (χ0) is 17.6. The third-order valence-corrected chi connectivity index (χ3v) is 4.40. The Bertz CT molecular complexity index is 898. The average Bonchev–Trinajstić information content (AvgIpc) is 2.67. The van der Waals surface area contributed by atoms with Crippen molar-refractivity contribution in [2.24, 2.45) is 0 Å². The number of hydrogen-bond donors (Lipinski definition) is 0. The third kappa shape index (κ3) is 3.64. The van der Waals surface area contributed by atoms with Crippen molar-refractivity contribution in [2.45, 2.75) is 20.8 Å². The molecule has 0 N–H and O–H groups in total. The van der Waals surface area contributed by atoms with E-state index >= 15 is 0 Å². The van der Waals surface area contributed by atoms with Gasteiger partial charge in [-0.1, -0.05) is 91.0 Å². The summed E-state index contributed by atoms with van der Waals surface area (Å²) in [6.45, 7) is 6.35. The topological polar surface area (TPSA) is 0 Å². The number of allylic oxidation sites excluding steroid dienone is 4. The minimum Gasteiger partial charge on any atom is -0.0871 e. The van der Waals surface area contributed by atoms with E-state index in [1.165, 1.54) is 39.0 Å². The molecule has 25 heavy (non-hydrogen) atoms. The smallest absolute Gasteiger partial charge is 0.00267 e. The van der Waals surface area contributed by atoms with Gasteiger partial charge in [0.1, 0.15) is 0 Å². The molecule has 0 aliphatic rings. The molecule has 0 unspecified atom stereocenters. The Balaban J connectivity index is 2.38. The van der Waals surface area contributed by atoms with Crippen molar-refractivity contribution >= 4 is 5.57 Å². The van der Waals surface area contributed by atoms with E-state index in [0.29, 0.717) is 0 Å². The molecule has 0 aromatic heterocycles. The first kappa shape index (κ1) is 17.0. The summed E-state index contributed by atoms with van der Waals surface area (Å²) in [7, 11) is 0. The number of benzene rings is 3. The largest absolute Gasteiger partial charge is 0.0871 e. The van der Waals surface area contributed by atoms with Crippen LogP contribution in [-0.2, 0) is 0 Å². The maximum absolute atomic E-state index is 2.30. The summed E-state index contributed by atoms with van der Waals surface area (Å²) in [5, 5.41) is 0. The van der Waals surface area contributed by atoms with E-state index in [0.717, 1.165) is 0 Å². The Morgan fingerprint density at radius 3 is 1.92 bits per heavy atom. The molecule has 0 aliphatic carbocycles. The van der Waals surface area contributed by atoms with Crippen LogP contribution in [0.4, 0.5) is 0 Å². The second-order valence-corrected chi connectivity index (χ2v) is 6.21. The third-order valence-electron chi connectivity index (χ3n) is 4.40. The Labute approximate surface area is 151 Å². The standard InChI is InChI=1S/C25H24/c1-4-12-20(5-2)23-17-19(3)18-24(21-13-8-6-9-14-21)25(23)22-15-10-7-11-16-22/h4-18H,1-3H3/b12-4-,20-5+. The van der Waals surface area contributed by atoms with Crippen LogP contribution in [0.2, 0.25) is 0 Å². The van der Waals surface area contributed by atoms with Gasteiger partial charge in [-0.15, -0.1) is 0 Å². The molecule has 0 saturated carbocycles. The van der Waals surface area contributed by atoms with Gasteiger partial charge in [0.15, 0.2) is 0 Å². The van der Waals surface area contributed by atoms with E-state index in [9.17, 15) is 0 Å². The molecule has 3 rings (SSSR count). The molecule has 3 aromatic carbocycles. The van der Waals surface area contributed by atoms with Gasteiger partial charge in [0.25, 0.3) is 0 Å². The van der Waals surface area contributed by atoms with E-state index in [2.05, 4.69) is 112 Å². The lowest BCUT2D eigenvalue weighted by molar-refractivity contribution is 1.43. The highest BCUT2D eigenvalue weighted by atomic mass is 14.2. The zero-order valence-corrected chi connectivity index (χ0v) is 15.2. The molecule has 0 radical (unpaired) electrons. The van der Waals surface area contributed by atoms with Crippen LogP contribution in [0.1, 0.15) is 25.0 Å². The van der Waals surface area contributed by atoms with E-state index < -0.39 is 0 Å². The van der Waals surface area contributed by atoms with E-state index in [4.69, 9.17) is 0 Å². The Morgan fingerprint density at radius 1 is 0.760 bits per heavy atom. The SMILES string of the molecule is C/C=C\C(=C/C)c1cc(C)cc(-c2ccccc2)c1-c1ccccc1. The van der Waals surface area contributed by atoms with Gasteiger partial charge in [-0.25, -0.2) is 0 Å². The normalized spacial score (nSPS) is 11.9. The Morgan fingerprint density at radius 2 is 1.36 bits per heavy atom. The highest BCUT2D eigenvalue weighted by Gasteiger charge is 2.15. The molecule has 0 spiro atoms. The van der Waals surface area contributed by atoms with Crippen LogP contribution in [0, 0.1) is 6.92 Å². The minimum absolute atomic E-state index is 1.25. The van der Waals surface area contributed by atoms with Crippen molar-refractivity contribution in [3.05, 3.63) is 102 Å². The number of hydrogen-bond acceptors (Lipinski definition) is 0. The quantitative estimate of drug-likeness (QED) is 0.441. The summed E-state index contributed by atoms with van der Waals surface area (Å²) in [6, 6.07) is 25.9. The summed E-state index contributed by atoms with van der Waals surface area (Å²) in [5.74, 6) is 0. The molecule has 0 fully saturated rings. The number of aryl methyl sites for hydroxylation is 1. The Hall–Kier alpha value is -2.86. The van der Waals surface area contributed by atoms with Gasteiger partial charge in [0, 0.05) is 0 Å². The van der Waals surface area contributed by atoms with Crippen LogP contribution in [0.15, 0.2) is 91.0 Å². The fourth-order valence-electron chi connectivity index (χ4n) is 3.30. The van der Waals surface area contributed by atoms with Gasteiger partial charge in [-0.05, 0) is 59.7 Å². The monoisotopic (exact) mass is 324 g/mol. The second kappa shape index (κ2) is 7.81. The minimum atomic E-state index is 1.25. The van der Waals surface area contributed by atoms with Crippen molar-refractivity contribution in [2.75, 3.05) is 0 Å². The second-order valence-electron chi connectivity index (χ2n) is 6.21. The van der Waals surface area contributed by atoms with E-state index in [1.807, 2.05) is 0 Å². The lowest BCUT2D eigenvalue weighted by atomic mass is 9.86.